The number of nitro groups is 1. The molecule has 1 unspecified atom stereocenters. The Morgan fingerprint density at radius 3 is 2.78 bits per heavy atom. The van der Waals surface area contributed by atoms with Crippen LogP contribution in [0.1, 0.15) is 22.9 Å². The van der Waals surface area contributed by atoms with E-state index in [1.165, 1.54) is 6.07 Å². The lowest BCUT2D eigenvalue weighted by molar-refractivity contribution is -0.385. The highest BCUT2D eigenvalue weighted by Gasteiger charge is 2.17. The van der Waals surface area contributed by atoms with Crippen molar-refractivity contribution in [3.8, 4) is 0 Å². The first kappa shape index (κ1) is 12.3. The number of para-hydroxylation sites is 1. The zero-order valence-corrected chi connectivity index (χ0v) is 10.00. The Morgan fingerprint density at radius 1 is 1.44 bits per heavy atom. The van der Waals surface area contributed by atoms with Crippen molar-refractivity contribution in [2.75, 3.05) is 0 Å². The second kappa shape index (κ2) is 5.01. The van der Waals surface area contributed by atoms with Crippen molar-refractivity contribution in [3.05, 3.63) is 63.6 Å². The minimum atomic E-state index is -0.386. The van der Waals surface area contributed by atoms with Gasteiger partial charge in [0.2, 0.25) is 0 Å². The highest BCUT2D eigenvalue weighted by atomic mass is 16.6. The normalized spacial score (nSPS) is 12.3. The third kappa shape index (κ3) is 2.57. The van der Waals surface area contributed by atoms with E-state index in [1.54, 1.807) is 24.5 Å². The number of hydrogen-bond acceptors (Lipinski definition) is 4. The number of furan rings is 1. The van der Waals surface area contributed by atoms with Crippen LogP contribution in [0.15, 0.2) is 41.0 Å². The lowest BCUT2D eigenvalue weighted by Crippen LogP contribution is -2.13. The first-order chi connectivity index (χ1) is 8.58. The van der Waals surface area contributed by atoms with Crippen molar-refractivity contribution < 1.29 is 9.34 Å². The minimum absolute atomic E-state index is 0.105. The van der Waals surface area contributed by atoms with Crippen molar-refractivity contribution >= 4 is 5.69 Å². The summed E-state index contributed by atoms with van der Waals surface area (Å²) in [5.41, 5.74) is 7.62. The van der Waals surface area contributed by atoms with Crippen LogP contribution in [0.4, 0.5) is 5.69 Å². The monoisotopic (exact) mass is 246 g/mol. The first-order valence-corrected chi connectivity index (χ1v) is 5.61. The summed E-state index contributed by atoms with van der Waals surface area (Å²) in [5.74, 6) is 0.781. The third-order valence-corrected chi connectivity index (χ3v) is 2.81. The smallest absolute Gasteiger partial charge is 0.272 e. The molecule has 1 aromatic carbocycles. The second-order valence-electron chi connectivity index (χ2n) is 4.19. The fourth-order valence-corrected chi connectivity index (χ4v) is 1.87. The summed E-state index contributed by atoms with van der Waals surface area (Å²) in [5, 5.41) is 10.9. The molecule has 1 heterocycles. The minimum Gasteiger partial charge on any atom is -0.469 e. The summed E-state index contributed by atoms with van der Waals surface area (Å²) < 4.78 is 5.19. The van der Waals surface area contributed by atoms with Gasteiger partial charge in [0, 0.05) is 23.2 Å². The van der Waals surface area contributed by atoms with Crippen molar-refractivity contribution in [1.82, 2.24) is 0 Å². The van der Waals surface area contributed by atoms with Gasteiger partial charge in [-0.3, -0.25) is 10.1 Å². The van der Waals surface area contributed by atoms with Crippen molar-refractivity contribution in [3.63, 3.8) is 0 Å². The molecule has 2 N–H and O–H groups in total. The van der Waals surface area contributed by atoms with Gasteiger partial charge in [-0.25, -0.2) is 0 Å². The van der Waals surface area contributed by atoms with Crippen LogP contribution in [0.25, 0.3) is 0 Å². The lowest BCUT2D eigenvalue weighted by atomic mass is 10.0. The molecule has 2 rings (SSSR count). The molecule has 0 spiro atoms. The summed E-state index contributed by atoms with van der Waals surface area (Å²) in [4.78, 5) is 10.5. The molecule has 1 aromatic heterocycles. The molecule has 5 heteroatoms. The van der Waals surface area contributed by atoms with Crippen LogP contribution < -0.4 is 5.73 Å². The molecular weight excluding hydrogens is 232 g/mol. The maximum atomic E-state index is 10.9. The first-order valence-electron chi connectivity index (χ1n) is 5.61. The van der Waals surface area contributed by atoms with Crippen LogP contribution in [-0.4, -0.2) is 4.92 Å². The molecule has 0 aliphatic heterocycles. The van der Waals surface area contributed by atoms with Gasteiger partial charge < -0.3 is 10.2 Å². The zero-order valence-electron chi connectivity index (χ0n) is 10.00. The molecule has 0 aliphatic rings. The fraction of sp³-hybridized carbons (Fsp3) is 0.231. The molecule has 0 saturated carbocycles. The Labute approximate surface area is 104 Å². The van der Waals surface area contributed by atoms with Crippen molar-refractivity contribution in [2.24, 2.45) is 5.73 Å². The van der Waals surface area contributed by atoms with Gasteiger partial charge in [0.25, 0.3) is 5.69 Å². The number of nitrogens with two attached hydrogens (primary N) is 1. The number of benzene rings is 1. The Balaban J connectivity index is 2.21. The fourth-order valence-electron chi connectivity index (χ4n) is 1.87. The van der Waals surface area contributed by atoms with Gasteiger partial charge in [0.15, 0.2) is 0 Å². The van der Waals surface area contributed by atoms with Gasteiger partial charge in [-0.15, -0.1) is 0 Å². The number of aryl methyl sites for hydroxylation is 1. The SMILES string of the molecule is Cc1cc(C(N)Cc2ccccc2[N+](=O)[O-])co1. The van der Waals surface area contributed by atoms with E-state index in [0.717, 1.165) is 11.3 Å². The molecule has 0 aliphatic carbocycles. The zero-order chi connectivity index (χ0) is 13.1. The predicted molar refractivity (Wildman–Crippen MR) is 67.2 cm³/mol. The largest absolute Gasteiger partial charge is 0.469 e. The average Bonchev–Trinajstić information content (AvgIpc) is 2.76. The molecule has 0 radical (unpaired) electrons. The highest BCUT2D eigenvalue weighted by Crippen LogP contribution is 2.24. The maximum absolute atomic E-state index is 10.9. The van der Waals surface area contributed by atoms with E-state index >= 15 is 0 Å². The number of nitrogens with zero attached hydrogens (tertiary/aromatic N) is 1. The number of rotatable bonds is 4. The summed E-state index contributed by atoms with van der Waals surface area (Å²) in [6.45, 7) is 1.83. The van der Waals surface area contributed by atoms with Crippen LogP contribution in [-0.2, 0) is 6.42 Å². The molecule has 5 nitrogen and oxygen atoms in total. The van der Waals surface area contributed by atoms with E-state index in [0.29, 0.717) is 12.0 Å². The van der Waals surface area contributed by atoms with Crippen LogP contribution in [0.3, 0.4) is 0 Å². The van der Waals surface area contributed by atoms with Gasteiger partial charge in [0.05, 0.1) is 11.2 Å². The Kier molecular flexibility index (Phi) is 3.43. The summed E-state index contributed by atoms with van der Waals surface area (Å²) >= 11 is 0. The molecular formula is C13H14N2O3. The van der Waals surface area contributed by atoms with E-state index in [4.69, 9.17) is 10.2 Å². The maximum Gasteiger partial charge on any atom is 0.272 e. The number of hydrogen-bond donors (Lipinski definition) is 1. The lowest BCUT2D eigenvalue weighted by Gasteiger charge is -2.09. The molecule has 2 aromatic rings. The van der Waals surface area contributed by atoms with E-state index < -0.39 is 0 Å². The van der Waals surface area contributed by atoms with Crippen LogP contribution in [0.5, 0.6) is 0 Å². The van der Waals surface area contributed by atoms with Gasteiger partial charge in [0.1, 0.15) is 5.76 Å². The molecule has 94 valence electrons. The van der Waals surface area contributed by atoms with Gasteiger partial charge >= 0.3 is 0 Å². The predicted octanol–water partition coefficient (Wildman–Crippen LogP) is 2.74. The summed E-state index contributed by atoms with van der Waals surface area (Å²) in [6, 6.07) is 8.18. The highest BCUT2D eigenvalue weighted by molar-refractivity contribution is 5.40. The van der Waals surface area contributed by atoms with E-state index in [-0.39, 0.29) is 16.7 Å². The van der Waals surface area contributed by atoms with E-state index in [2.05, 4.69) is 0 Å². The summed E-state index contributed by atoms with van der Waals surface area (Å²) in [7, 11) is 0. The van der Waals surface area contributed by atoms with Crippen LogP contribution >= 0.6 is 0 Å². The van der Waals surface area contributed by atoms with Gasteiger partial charge in [-0.1, -0.05) is 18.2 Å². The van der Waals surface area contributed by atoms with Crippen LogP contribution in [0, 0.1) is 17.0 Å². The third-order valence-electron chi connectivity index (χ3n) is 2.81. The molecule has 1 atom stereocenters. The average molecular weight is 246 g/mol. The topological polar surface area (TPSA) is 82.3 Å². The molecule has 0 amide bonds. The van der Waals surface area contributed by atoms with Crippen molar-refractivity contribution in [2.45, 2.75) is 19.4 Å². The Morgan fingerprint density at radius 2 is 2.17 bits per heavy atom. The molecule has 0 bridgehead atoms. The Hall–Kier alpha value is -2.14. The Bertz CT molecular complexity index is 563. The molecule has 0 fully saturated rings. The standard InChI is InChI=1S/C13H14N2O3/c1-9-6-11(8-18-9)12(14)7-10-4-2-3-5-13(10)15(16)17/h2-6,8,12H,7,14H2,1H3. The van der Waals surface area contributed by atoms with Gasteiger partial charge in [-0.2, -0.15) is 0 Å². The van der Waals surface area contributed by atoms with Crippen LogP contribution in [0.2, 0.25) is 0 Å². The van der Waals surface area contributed by atoms with Crippen molar-refractivity contribution in [1.29, 1.82) is 0 Å². The second-order valence-corrected chi connectivity index (χ2v) is 4.19. The van der Waals surface area contributed by atoms with E-state index in [1.807, 2.05) is 13.0 Å². The quantitative estimate of drug-likeness (QED) is 0.664. The summed E-state index contributed by atoms with van der Waals surface area (Å²) in [6.07, 6.45) is 2.00. The van der Waals surface area contributed by atoms with Gasteiger partial charge in [-0.05, 0) is 19.4 Å². The number of nitro benzene ring substituents is 1. The molecule has 0 saturated heterocycles. The molecule has 18 heavy (non-hydrogen) atoms. The van der Waals surface area contributed by atoms with E-state index in [9.17, 15) is 10.1 Å².